The van der Waals surface area contributed by atoms with Gasteiger partial charge >= 0.3 is 0 Å². The highest BCUT2D eigenvalue weighted by molar-refractivity contribution is 5.79. The molecule has 0 saturated heterocycles. The molecule has 5 heteroatoms. The second-order valence-corrected chi connectivity index (χ2v) is 4.69. The Hall–Kier alpha value is -2.43. The van der Waals surface area contributed by atoms with Gasteiger partial charge in [0.05, 0.1) is 12.8 Å². The molecule has 1 amide bonds. The van der Waals surface area contributed by atoms with Crippen molar-refractivity contribution in [2.45, 2.75) is 12.8 Å². The van der Waals surface area contributed by atoms with Crippen LogP contribution in [0.5, 0.6) is 5.88 Å². The topological polar surface area (TPSA) is 55.3 Å². The lowest BCUT2D eigenvalue weighted by Crippen LogP contribution is -2.27. The summed E-state index contributed by atoms with van der Waals surface area (Å²) in [6.45, 7) is 0.789. The molecule has 0 spiro atoms. The van der Waals surface area contributed by atoms with Crippen LogP contribution in [0.25, 0.3) is 11.3 Å². The largest absolute Gasteiger partial charge is 0.481 e. The molecular weight excluding hydrogens is 254 g/mol. The third-order valence-corrected chi connectivity index (χ3v) is 3.51. The van der Waals surface area contributed by atoms with E-state index in [9.17, 15) is 4.79 Å². The number of aromatic nitrogens is 2. The standard InChI is InChI=1S/C15H15N3O2/c1-20-15-8-13(16-9-17-15)11-4-5-14-12(7-11)3-2-6-18(14)10-19/h4-5,7-10H,2-3,6H2,1H3. The van der Waals surface area contributed by atoms with Gasteiger partial charge in [0, 0.05) is 23.9 Å². The summed E-state index contributed by atoms with van der Waals surface area (Å²) < 4.78 is 5.12. The Labute approximate surface area is 117 Å². The highest BCUT2D eigenvalue weighted by atomic mass is 16.5. The maximum Gasteiger partial charge on any atom is 0.216 e. The summed E-state index contributed by atoms with van der Waals surface area (Å²) in [5, 5.41) is 0. The second kappa shape index (κ2) is 5.28. The first-order valence-corrected chi connectivity index (χ1v) is 6.53. The van der Waals surface area contributed by atoms with E-state index in [1.54, 1.807) is 12.0 Å². The summed E-state index contributed by atoms with van der Waals surface area (Å²) in [6.07, 6.45) is 4.36. The summed E-state index contributed by atoms with van der Waals surface area (Å²) in [5.74, 6) is 0.544. The van der Waals surface area contributed by atoms with E-state index in [1.165, 1.54) is 11.9 Å². The maximum absolute atomic E-state index is 11.0. The summed E-state index contributed by atoms with van der Waals surface area (Å²) in [6, 6.07) is 7.85. The molecule has 1 aromatic carbocycles. The van der Waals surface area contributed by atoms with Gasteiger partial charge in [-0.15, -0.1) is 0 Å². The van der Waals surface area contributed by atoms with Gasteiger partial charge < -0.3 is 9.64 Å². The molecule has 0 N–H and O–H groups in total. The van der Waals surface area contributed by atoms with Crippen LogP contribution in [-0.4, -0.2) is 30.0 Å². The molecule has 1 aliphatic rings. The fraction of sp³-hybridized carbons (Fsp3) is 0.267. The highest BCUT2D eigenvalue weighted by Gasteiger charge is 2.17. The first kappa shape index (κ1) is 12.6. The van der Waals surface area contributed by atoms with E-state index in [1.807, 2.05) is 18.2 Å². The van der Waals surface area contributed by atoms with Crippen molar-refractivity contribution in [3.8, 4) is 17.1 Å². The SMILES string of the molecule is COc1cc(-c2ccc3c(c2)CCCN3C=O)ncn1. The normalized spacial score (nSPS) is 13.8. The molecule has 0 unspecified atom stereocenters. The monoisotopic (exact) mass is 269 g/mol. The minimum Gasteiger partial charge on any atom is -0.481 e. The van der Waals surface area contributed by atoms with E-state index in [0.717, 1.165) is 42.7 Å². The van der Waals surface area contributed by atoms with Crippen LogP contribution < -0.4 is 9.64 Å². The fourth-order valence-corrected chi connectivity index (χ4v) is 2.50. The molecule has 20 heavy (non-hydrogen) atoms. The molecule has 0 fully saturated rings. The Balaban J connectivity index is 2.01. The van der Waals surface area contributed by atoms with Gasteiger partial charge in [0.2, 0.25) is 12.3 Å². The third kappa shape index (κ3) is 2.22. The smallest absolute Gasteiger partial charge is 0.216 e. The highest BCUT2D eigenvalue weighted by Crippen LogP contribution is 2.30. The molecule has 0 aliphatic carbocycles. The van der Waals surface area contributed by atoms with Gasteiger partial charge in [0.25, 0.3) is 0 Å². The molecule has 0 saturated carbocycles. The quantitative estimate of drug-likeness (QED) is 0.800. The van der Waals surface area contributed by atoms with Crippen molar-refractivity contribution in [3.05, 3.63) is 36.2 Å². The van der Waals surface area contributed by atoms with Crippen LogP contribution >= 0.6 is 0 Å². The van der Waals surface area contributed by atoms with E-state index in [0.29, 0.717) is 5.88 Å². The van der Waals surface area contributed by atoms with E-state index < -0.39 is 0 Å². The number of hydrogen-bond donors (Lipinski definition) is 0. The number of ether oxygens (including phenoxy) is 1. The second-order valence-electron chi connectivity index (χ2n) is 4.69. The number of carbonyl (C=O) groups excluding carboxylic acids is 1. The Bertz CT molecular complexity index is 643. The van der Waals surface area contributed by atoms with Crippen molar-refractivity contribution in [1.82, 2.24) is 9.97 Å². The molecule has 1 aliphatic heterocycles. The molecular formula is C15H15N3O2. The molecule has 0 atom stereocenters. The minimum atomic E-state index is 0.544. The van der Waals surface area contributed by atoms with Crippen molar-refractivity contribution in [2.24, 2.45) is 0 Å². The number of anilines is 1. The zero-order valence-electron chi connectivity index (χ0n) is 11.2. The zero-order valence-corrected chi connectivity index (χ0v) is 11.2. The molecule has 0 bridgehead atoms. The first-order valence-electron chi connectivity index (χ1n) is 6.53. The van der Waals surface area contributed by atoms with Crippen LogP contribution in [0.3, 0.4) is 0 Å². The van der Waals surface area contributed by atoms with Crippen LogP contribution in [0, 0.1) is 0 Å². The summed E-state index contributed by atoms with van der Waals surface area (Å²) in [7, 11) is 1.58. The minimum absolute atomic E-state index is 0.544. The molecule has 3 rings (SSSR count). The fourth-order valence-electron chi connectivity index (χ4n) is 2.50. The molecule has 2 heterocycles. The van der Waals surface area contributed by atoms with Crippen molar-refractivity contribution < 1.29 is 9.53 Å². The number of amides is 1. The maximum atomic E-state index is 11.0. The van der Waals surface area contributed by atoms with Gasteiger partial charge in [0.1, 0.15) is 6.33 Å². The van der Waals surface area contributed by atoms with E-state index in [-0.39, 0.29) is 0 Å². The van der Waals surface area contributed by atoms with Gasteiger partial charge in [-0.25, -0.2) is 9.97 Å². The predicted octanol–water partition coefficient (Wildman–Crippen LogP) is 2.06. The van der Waals surface area contributed by atoms with Crippen molar-refractivity contribution in [3.63, 3.8) is 0 Å². The number of rotatable bonds is 3. The number of benzene rings is 1. The molecule has 2 aromatic rings. The summed E-state index contributed by atoms with van der Waals surface area (Å²) in [4.78, 5) is 21.1. The average molecular weight is 269 g/mol. The number of hydrogen-bond acceptors (Lipinski definition) is 4. The average Bonchev–Trinajstić information content (AvgIpc) is 2.53. The number of methoxy groups -OCH3 is 1. The van der Waals surface area contributed by atoms with E-state index >= 15 is 0 Å². The van der Waals surface area contributed by atoms with E-state index in [2.05, 4.69) is 16.0 Å². The Morgan fingerprint density at radius 1 is 1.30 bits per heavy atom. The lowest BCUT2D eigenvalue weighted by molar-refractivity contribution is -0.107. The Morgan fingerprint density at radius 2 is 2.20 bits per heavy atom. The third-order valence-electron chi connectivity index (χ3n) is 3.51. The van der Waals surface area contributed by atoms with Crippen LogP contribution in [0.15, 0.2) is 30.6 Å². The van der Waals surface area contributed by atoms with Crippen molar-refractivity contribution in [1.29, 1.82) is 0 Å². The van der Waals surface area contributed by atoms with Crippen LogP contribution in [-0.2, 0) is 11.2 Å². The Morgan fingerprint density at radius 3 is 3.00 bits per heavy atom. The van der Waals surface area contributed by atoms with Gasteiger partial charge in [-0.1, -0.05) is 6.07 Å². The van der Waals surface area contributed by atoms with Gasteiger partial charge in [-0.3, -0.25) is 4.79 Å². The lowest BCUT2D eigenvalue weighted by Gasteiger charge is -2.26. The molecule has 1 aromatic heterocycles. The van der Waals surface area contributed by atoms with Gasteiger partial charge in [-0.2, -0.15) is 0 Å². The number of fused-ring (bicyclic) bond motifs is 1. The van der Waals surface area contributed by atoms with Gasteiger partial charge in [0.15, 0.2) is 0 Å². The number of nitrogens with zero attached hydrogens (tertiary/aromatic N) is 3. The summed E-state index contributed by atoms with van der Waals surface area (Å²) >= 11 is 0. The van der Waals surface area contributed by atoms with Gasteiger partial charge in [-0.05, 0) is 30.5 Å². The predicted molar refractivity (Wildman–Crippen MR) is 75.8 cm³/mol. The van der Waals surface area contributed by atoms with Crippen molar-refractivity contribution >= 4 is 12.1 Å². The van der Waals surface area contributed by atoms with Crippen molar-refractivity contribution in [2.75, 3.05) is 18.6 Å². The molecule has 0 radical (unpaired) electrons. The summed E-state index contributed by atoms with van der Waals surface area (Å²) in [5.41, 5.74) is 4.01. The van der Waals surface area contributed by atoms with Crippen LogP contribution in [0.2, 0.25) is 0 Å². The number of aryl methyl sites for hydroxylation is 1. The number of carbonyl (C=O) groups is 1. The van der Waals surface area contributed by atoms with E-state index in [4.69, 9.17) is 4.74 Å². The van der Waals surface area contributed by atoms with Crippen LogP contribution in [0.1, 0.15) is 12.0 Å². The molecule has 102 valence electrons. The Kier molecular flexibility index (Phi) is 3.33. The zero-order chi connectivity index (χ0) is 13.9. The molecule has 5 nitrogen and oxygen atoms in total. The lowest BCUT2D eigenvalue weighted by atomic mass is 9.98. The first-order chi connectivity index (χ1) is 9.81. The van der Waals surface area contributed by atoms with Crippen LogP contribution in [0.4, 0.5) is 5.69 Å².